The Hall–Kier alpha value is -3.27. The van der Waals surface area contributed by atoms with E-state index in [1.54, 1.807) is 58.0 Å². The van der Waals surface area contributed by atoms with E-state index in [4.69, 9.17) is 31.2 Å². The molecule has 1 aliphatic rings. The molecule has 1 aromatic carbocycles. The number of halogens is 1. The number of esters is 1. The number of carbonyl (C=O) groups is 2. The van der Waals surface area contributed by atoms with Crippen molar-refractivity contribution >= 4 is 29.5 Å². The zero-order chi connectivity index (χ0) is 26.3. The highest BCUT2D eigenvalue weighted by Crippen LogP contribution is 2.41. The van der Waals surface area contributed by atoms with Crippen molar-refractivity contribution in [2.24, 2.45) is 0 Å². The van der Waals surface area contributed by atoms with Crippen LogP contribution in [0.25, 0.3) is 0 Å². The van der Waals surface area contributed by atoms with Crippen LogP contribution in [0.5, 0.6) is 5.75 Å². The van der Waals surface area contributed by atoms with Gasteiger partial charge in [0.05, 0.1) is 6.61 Å². The summed E-state index contributed by atoms with van der Waals surface area (Å²) in [6.45, 7) is 7.50. The molecule has 0 saturated carbocycles. The Kier molecular flexibility index (Phi) is 8.84. The number of amides is 1. The molecule has 1 saturated heterocycles. The van der Waals surface area contributed by atoms with E-state index < -0.39 is 29.4 Å². The molecule has 3 rings (SSSR count). The second kappa shape index (κ2) is 11.6. The summed E-state index contributed by atoms with van der Waals surface area (Å²) in [6.07, 6.45) is -0.359. The van der Waals surface area contributed by atoms with Crippen molar-refractivity contribution in [3.8, 4) is 5.75 Å². The molecule has 1 aromatic heterocycles. The molecule has 1 atom stereocenters. The summed E-state index contributed by atoms with van der Waals surface area (Å²) in [6, 6.07) is 11.8. The van der Waals surface area contributed by atoms with Crippen LogP contribution in [0.4, 0.5) is 9.18 Å². The van der Waals surface area contributed by atoms with Crippen molar-refractivity contribution in [1.29, 1.82) is 0 Å². The maximum absolute atomic E-state index is 16.4. The van der Waals surface area contributed by atoms with Crippen LogP contribution in [-0.4, -0.2) is 58.1 Å². The first-order valence-corrected chi connectivity index (χ1v) is 12.1. The van der Waals surface area contributed by atoms with Gasteiger partial charge in [-0.25, -0.2) is 19.0 Å². The summed E-state index contributed by atoms with van der Waals surface area (Å²) in [5.74, 6) is -0.130. The molecule has 0 bridgehead atoms. The topological polar surface area (TPSA) is 87.2 Å². The largest absolute Gasteiger partial charge is 0.461 e. The van der Waals surface area contributed by atoms with Crippen LogP contribution in [0, 0.1) is 0 Å². The van der Waals surface area contributed by atoms with Crippen LogP contribution in [0.2, 0.25) is 0 Å². The van der Waals surface area contributed by atoms with Crippen molar-refractivity contribution in [3.05, 3.63) is 59.9 Å². The molecule has 10 heteroatoms. The first kappa shape index (κ1) is 27.3. The normalized spacial score (nSPS) is 16.0. The van der Waals surface area contributed by atoms with Crippen molar-refractivity contribution in [1.82, 2.24) is 9.88 Å². The summed E-state index contributed by atoms with van der Waals surface area (Å²) >= 11 is 5.27. The molecule has 0 aliphatic carbocycles. The van der Waals surface area contributed by atoms with Crippen LogP contribution in [0.1, 0.15) is 62.7 Å². The number of benzene rings is 1. The third kappa shape index (κ3) is 7.36. The Morgan fingerprint density at radius 1 is 1.14 bits per heavy atom. The van der Waals surface area contributed by atoms with Gasteiger partial charge in [-0.15, -0.1) is 0 Å². The Morgan fingerprint density at radius 2 is 1.81 bits per heavy atom. The van der Waals surface area contributed by atoms with Gasteiger partial charge in [-0.3, -0.25) is 0 Å². The zero-order valence-corrected chi connectivity index (χ0v) is 21.7. The number of nitrogens with zero attached hydrogens (tertiary/aromatic N) is 2. The third-order valence-corrected chi connectivity index (χ3v) is 5.63. The summed E-state index contributed by atoms with van der Waals surface area (Å²) in [4.78, 5) is 30.0. The Bertz CT molecular complexity index is 1050. The maximum atomic E-state index is 16.4. The highest BCUT2D eigenvalue weighted by Gasteiger charge is 2.46. The second-order valence-corrected chi connectivity index (χ2v) is 9.70. The number of hydrogen-bond donors (Lipinski definition) is 0. The zero-order valence-electron chi connectivity index (χ0n) is 20.9. The third-order valence-electron chi connectivity index (χ3n) is 5.45. The van der Waals surface area contributed by atoms with Gasteiger partial charge in [-0.1, -0.05) is 24.3 Å². The van der Waals surface area contributed by atoms with Gasteiger partial charge in [0.15, 0.2) is 11.8 Å². The molecule has 1 amide bonds. The van der Waals surface area contributed by atoms with Gasteiger partial charge in [-0.05, 0) is 45.9 Å². The summed E-state index contributed by atoms with van der Waals surface area (Å²) < 4.78 is 38.2. The number of hydrogen-bond acceptors (Lipinski definition) is 8. The summed E-state index contributed by atoms with van der Waals surface area (Å²) in [7, 11) is 0. The minimum atomic E-state index is -1.89. The SMILES string of the molecule is CCOC(=O)c1ccc(C(OC(=S)Oc2ccccc2)C2(F)CCN(C(=O)OC(C)(C)C)CC2)cn1. The molecule has 1 unspecified atom stereocenters. The molecule has 0 spiro atoms. The minimum Gasteiger partial charge on any atom is -0.461 e. The molecule has 194 valence electrons. The molecule has 8 nitrogen and oxygen atoms in total. The van der Waals surface area contributed by atoms with E-state index in [9.17, 15) is 9.59 Å². The Labute approximate surface area is 215 Å². The first-order chi connectivity index (χ1) is 17.0. The molecule has 2 aromatic rings. The number of rotatable bonds is 6. The highest BCUT2D eigenvalue weighted by atomic mass is 32.1. The molecular weight excluding hydrogens is 487 g/mol. The van der Waals surface area contributed by atoms with Crippen LogP contribution >= 0.6 is 12.2 Å². The quantitative estimate of drug-likeness (QED) is 0.370. The fourth-order valence-corrected chi connectivity index (χ4v) is 3.91. The van der Waals surface area contributed by atoms with Crippen molar-refractivity contribution in [3.63, 3.8) is 0 Å². The number of alkyl halides is 1. The van der Waals surface area contributed by atoms with Crippen LogP contribution in [-0.2, 0) is 14.2 Å². The lowest BCUT2D eigenvalue weighted by atomic mass is 9.84. The van der Waals surface area contributed by atoms with Gasteiger partial charge in [0.2, 0.25) is 0 Å². The van der Waals surface area contributed by atoms with Gasteiger partial charge in [0, 0.05) is 49.9 Å². The van der Waals surface area contributed by atoms with E-state index in [1.807, 2.05) is 6.07 Å². The average Bonchev–Trinajstić information content (AvgIpc) is 2.83. The fraction of sp³-hybridized carbons (Fsp3) is 0.462. The first-order valence-electron chi connectivity index (χ1n) is 11.7. The Balaban J connectivity index is 1.80. The standard InChI is InChI=1S/C26H31FN2O6S/c1-5-32-22(30)20-12-11-18(17-28-20)21(34-24(36)33-19-9-7-6-8-10-19)26(27)13-15-29(16-14-26)23(31)35-25(2,3)4/h6-12,17,21H,5,13-16H2,1-4H3. The molecular formula is C26H31FN2O6S. The number of pyridine rings is 1. The van der Waals surface area contributed by atoms with E-state index in [1.165, 1.54) is 17.2 Å². The second-order valence-electron chi connectivity index (χ2n) is 9.36. The monoisotopic (exact) mass is 518 g/mol. The number of piperidine rings is 1. The molecule has 0 N–H and O–H groups in total. The van der Waals surface area contributed by atoms with E-state index in [2.05, 4.69) is 4.98 Å². The van der Waals surface area contributed by atoms with Crippen molar-refractivity contribution in [2.45, 2.75) is 57.9 Å². The number of para-hydroxylation sites is 1. The molecule has 1 fully saturated rings. The predicted molar refractivity (Wildman–Crippen MR) is 135 cm³/mol. The van der Waals surface area contributed by atoms with Gasteiger partial charge in [0.1, 0.15) is 17.0 Å². The average molecular weight is 519 g/mol. The number of thiocarbonyl (C=S) groups is 1. The lowest BCUT2D eigenvalue weighted by Crippen LogP contribution is -2.49. The number of aromatic nitrogens is 1. The van der Waals surface area contributed by atoms with E-state index in [0.717, 1.165) is 0 Å². The minimum absolute atomic E-state index is 0.0233. The predicted octanol–water partition coefficient (Wildman–Crippen LogP) is 5.42. The van der Waals surface area contributed by atoms with E-state index in [0.29, 0.717) is 11.3 Å². The lowest BCUT2D eigenvalue weighted by molar-refractivity contribution is -0.0547. The van der Waals surface area contributed by atoms with Crippen molar-refractivity contribution < 1.29 is 32.9 Å². The highest BCUT2D eigenvalue weighted by molar-refractivity contribution is 7.79. The molecule has 2 heterocycles. The number of ether oxygens (including phenoxy) is 4. The van der Waals surface area contributed by atoms with E-state index in [-0.39, 0.29) is 43.5 Å². The van der Waals surface area contributed by atoms with Gasteiger partial charge in [0.25, 0.3) is 0 Å². The molecule has 1 aliphatic heterocycles. The lowest BCUT2D eigenvalue weighted by Gasteiger charge is -2.40. The van der Waals surface area contributed by atoms with Gasteiger partial charge >= 0.3 is 17.3 Å². The van der Waals surface area contributed by atoms with Gasteiger partial charge < -0.3 is 23.8 Å². The van der Waals surface area contributed by atoms with E-state index >= 15 is 4.39 Å². The van der Waals surface area contributed by atoms with Crippen molar-refractivity contribution in [2.75, 3.05) is 19.7 Å². The van der Waals surface area contributed by atoms with Crippen LogP contribution < -0.4 is 4.74 Å². The fourth-order valence-electron chi connectivity index (χ4n) is 3.71. The summed E-state index contributed by atoms with van der Waals surface area (Å²) in [5, 5.41) is -0.257. The molecule has 36 heavy (non-hydrogen) atoms. The van der Waals surface area contributed by atoms with Gasteiger partial charge in [-0.2, -0.15) is 0 Å². The van der Waals surface area contributed by atoms with Crippen LogP contribution in [0.3, 0.4) is 0 Å². The smallest absolute Gasteiger partial charge is 0.410 e. The molecule has 0 radical (unpaired) electrons. The number of carbonyl (C=O) groups excluding carboxylic acids is 2. The summed E-state index contributed by atoms with van der Waals surface area (Å²) in [5.41, 5.74) is -2.08. The number of likely N-dealkylation sites (tertiary alicyclic amines) is 1. The Morgan fingerprint density at radius 3 is 2.36 bits per heavy atom. The van der Waals surface area contributed by atoms with Crippen LogP contribution in [0.15, 0.2) is 48.7 Å². The maximum Gasteiger partial charge on any atom is 0.410 e.